The van der Waals surface area contributed by atoms with E-state index in [4.69, 9.17) is 5.73 Å². The van der Waals surface area contributed by atoms with Gasteiger partial charge >= 0.3 is 0 Å². The number of ketones is 1. The molecule has 2 N–H and O–H groups in total. The van der Waals surface area contributed by atoms with Crippen molar-refractivity contribution in [3.8, 4) is 0 Å². The largest absolute Gasteiger partial charge is 0.321 e. The quantitative estimate of drug-likeness (QED) is 0.572. The molecule has 0 saturated carbocycles. The Bertz CT molecular complexity index is 780. The van der Waals surface area contributed by atoms with Crippen LogP contribution in [0.15, 0.2) is 54.6 Å². The lowest BCUT2D eigenvalue weighted by atomic mass is 9.97. The second kappa shape index (κ2) is 5.61. The lowest BCUT2D eigenvalue weighted by Crippen LogP contribution is -2.26. The number of Topliss-reactive ketones (excluding diaryl/α,β-unsaturated/α-hetero) is 1. The Hall–Kier alpha value is -1.90. The van der Waals surface area contributed by atoms with Crippen LogP contribution in [0.5, 0.6) is 0 Å². The van der Waals surface area contributed by atoms with Crippen LogP contribution in [0.4, 0.5) is 0 Å². The third kappa shape index (κ3) is 2.40. The van der Waals surface area contributed by atoms with Gasteiger partial charge in [0.2, 0.25) is 0 Å². The zero-order valence-electron chi connectivity index (χ0n) is 11.2. The molecule has 0 spiro atoms. The van der Waals surface area contributed by atoms with Crippen LogP contribution in [-0.4, -0.2) is 11.8 Å². The van der Waals surface area contributed by atoms with Crippen LogP contribution in [0, 0.1) is 0 Å². The van der Waals surface area contributed by atoms with Crippen LogP contribution < -0.4 is 5.73 Å². The Balaban J connectivity index is 0.00000147. The normalized spacial score (nSPS) is 12.1. The van der Waals surface area contributed by atoms with Crippen molar-refractivity contribution in [2.45, 2.75) is 13.0 Å². The van der Waals surface area contributed by atoms with Crippen molar-refractivity contribution in [3.05, 3.63) is 60.2 Å². The maximum Gasteiger partial charge on any atom is 0.179 e. The van der Waals surface area contributed by atoms with Crippen LogP contribution >= 0.6 is 12.4 Å². The van der Waals surface area contributed by atoms with Gasteiger partial charge in [-0.25, -0.2) is 0 Å². The third-order valence-corrected chi connectivity index (χ3v) is 3.44. The summed E-state index contributed by atoms with van der Waals surface area (Å²) in [5, 5.41) is 4.66. The lowest BCUT2D eigenvalue weighted by Gasteiger charge is -2.08. The van der Waals surface area contributed by atoms with E-state index in [1.165, 1.54) is 16.2 Å². The number of fused-ring (bicyclic) bond motifs is 3. The third-order valence-electron chi connectivity index (χ3n) is 3.44. The van der Waals surface area contributed by atoms with Crippen molar-refractivity contribution < 1.29 is 4.79 Å². The van der Waals surface area contributed by atoms with Gasteiger partial charge in [-0.15, -0.1) is 12.4 Å². The Kier molecular flexibility index (Phi) is 4.07. The van der Waals surface area contributed by atoms with Crippen LogP contribution in [0.3, 0.4) is 0 Å². The molecule has 2 nitrogen and oxygen atoms in total. The number of halogens is 1. The van der Waals surface area contributed by atoms with Gasteiger partial charge in [0.05, 0.1) is 6.04 Å². The topological polar surface area (TPSA) is 43.1 Å². The number of rotatable bonds is 2. The van der Waals surface area contributed by atoms with Gasteiger partial charge in [0, 0.05) is 5.56 Å². The molecular formula is C17H16ClNO. The van der Waals surface area contributed by atoms with E-state index in [1.807, 2.05) is 30.3 Å². The first kappa shape index (κ1) is 14.5. The summed E-state index contributed by atoms with van der Waals surface area (Å²) in [6.45, 7) is 1.72. The zero-order chi connectivity index (χ0) is 13.4. The molecule has 0 fully saturated rings. The van der Waals surface area contributed by atoms with Crippen molar-refractivity contribution in [1.29, 1.82) is 0 Å². The van der Waals surface area contributed by atoms with Crippen LogP contribution in [0.2, 0.25) is 0 Å². The molecule has 0 aliphatic heterocycles. The Morgan fingerprint density at radius 2 is 1.60 bits per heavy atom. The number of benzene rings is 3. The Morgan fingerprint density at radius 1 is 0.950 bits per heavy atom. The minimum absolute atomic E-state index is 0. The number of carbonyl (C=O) groups excluding carboxylic acids is 1. The molecule has 3 heteroatoms. The summed E-state index contributed by atoms with van der Waals surface area (Å²) >= 11 is 0. The van der Waals surface area contributed by atoms with E-state index in [0.29, 0.717) is 5.56 Å². The van der Waals surface area contributed by atoms with Crippen LogP contribution in [0.1, 0.15) is 17.3 Å². The molecule has 0 amide bonds. The average Bonchev–Trinajstić information content (AvgIpc) is 2.45. The summed E-state index contributed by atoms with van der Waals surface area (Å²) in [5.41, 5.74) is 6.33. The van der Waals surface area contributed by atoms with Crippen LogP contribution in [0.25, 0.3) is 21.5 Å². The highest BCUT2D eigenvalue weighted by atomic mass is 35.5. The van der Waals surface area contributed by atoms with E-state index in [9.17, 15) is 4.79 Å². The van der Waals surface area contributed by atoms with Gasteiger partial charge in [-0.1, -0.05) is 48.5 Å². The first-order valence-corrected chi connectivity index (χ1v) is 6.38. The van der Waals surface area contributed by atoms with Crippen molar-refractivity contribution in [2.75, 3.05) is 0 Å². The second-order valence-electron chi connectivity index (χ2n) is 4.88. The molecule has 102 valence electrons. The monoisotopic (exact) mass is 285 g/mol. The van der Waals surface area contributed by atoms with E-state index in [0.717, 1.165) is 5.39 Å². The first-order chi connectivity index (χ1) is 9.16. The Morgan fingerprint density at radius 3 is 2.35 bits per heavy atom. The standard InChI is InChI=1S/C17H15NO.ClH/c1-11(18)17(19)14-8-9-16-13(10-14)7-6-12-4-2-3-5-15(12)16;/h2-11H,18H2,1H3;1H. The number of hydrogen-bond acceptors (Lipinski definition) is 2. The number of nitrogens with two attached hydrogens (primary N) is 1. The molecule has 0 aliphatic carbocycles. The maximum atomic E-state index is 11.9. The van der Waals surface area contributed by atoms with Crippen molar-refractivity contribution in [2.24, 2.45) is 5.73 Å². The van der Waals surface area contributed by atoms with Gasteiger partial charge in [-0.05, 0) is 34.5 Å². The molecule has 0 saturated heterocycles. The minimum atomic E-state index is -0.460. The highest BCUT2D eigenvalue weighted by molar-refractivity contribution is 6.10. The average molecular weight is 286 g/mol. The minimum Gasteiger partial charge on any atom is -0.321 e. The zero-order valence-corrected chi connectivity index (χ0v) is 12.0. The molecule has 0 aromatic heterocycles. The summed E-state index contributed by atoms with van der Waals surface area (Å²) in [6, 6.07) is 17.7. The summed E-state index contributed by atoms with van der Waals surface area (Å²) in [4.78, 5) is 11.9. The molecule has 3 aromatic rings. The molecule has 3 rings (SSSR count). The fourth-order valence-corrected chi connectivity index (χ4v) is 2.43. The molecule has 0 aliphatic rings. The smallest absolute Gasteiger partial charge is 0.179 e. The molecule has 20 heavy (non-hydrogen) atoms. The summed E-state index contributed by atoms with van der Waals surface area (Å²) in [7, 11) is 0. The first-order valence-electron chi connectivity index (χ1n) is 6.38. The van der Waals surface area contributed by atoms with Crippen molar-refractivity contribution in [3.63, 3.8) is 0 Å². The molecule has 0 radical (unpaired) electrons. The highest BCUT2D eigenvalue weighted by Crippen LogP contribution is 2.26. The van der Waals surface area contributed by atoms with E-state index in [2.05, 4.69) is 24.3 Å². The van der Waals surface area contributed by atoms with Gasteiger partial charge in [-0.3, -0.25) is 4.79 Å². The predicted octanol–water partition coefficient (Wildman–Crippen LogP) is 3.94. The van der Waals surface area contributed by atoms with Crippen LogP contribution in [-0.2, 0) is 0 Å². The predicted molar refractivity (Wildman–Crippen MR) is 86.7 cm³/mol. The summed E-state index contributed by atoms with van der Waals surface area (Å²) in [6.07, 6.45) is 0. The SMILES string of the molecule is CC(N)C(=O)c1ccc2c(ccc3ccccc32)c1.Cl. The van der Waals surface area contributed by atoms with Gasteiger partial charge in [0.15, 0.2) is 5.78 Å². The fraction of sp³-hybridized carbons (Fsp3) is 0.118. The van der Waals surface area contributed by atoms with Gasteiger partial charge in [-0.2, -0.15) is 0 Å². The second-order valence-corrected chi connectivity index (χ2v) is 4.88. The van der Waals surface area contributed by atoms with E-state index < -0.39 is 6.04 Å². The highest BCUT2D eigenvalue weighted by Gasteiger charge is 2.11. The molecule has 0 bridgehead atoms. The summed E-state index contributed by atoms with van der Waals surface area (Å²) < 4.78 is 0. The molecule has 1 atom stereocenters. The molecule has 3 aromatic carbocycles. The van der Waals surface area contributed by atoms with Gasteiger partial charge in [0.1, 0.15) is 0 Å². The summed E-state index contributed by atoms with van der Waals surface area (Å²) in [5.74, 6) is -0.0185. The van der Waals surface area contributed by atoms with Crippen molar-refractivity contribution >= 4 is 39.7 Å². The van der Waals surface area contributed by atoms with E-state index in [1.54, 1.807) is 6.92 Å². The maximum absolute atomic E-state index is 11.9. The number of hydrogen-bond donors (Lipinski definition) is 1. The molecule has 0 heterocycles. The molecular weight excluding hydrogens is 270 g/mol. The number of carbonyl (C=O) groups is 1. The van der Waals surface area contributed by atoms with Crippen molar-refractivity contribution in [1.82, 2.24) is 0 Å². The lowest BCUT2D eigenvalue weighted by molar-refractivity contribution is 0.0968. The Labute approximate surface area is 124 Å². The van der Waals surface area contributed by atoms with E-state index >= 15 is 0 Å². The van der Waals surface area contributed by atoms with E-state index in [-0.39, 0.29) is 18.2 Å². The fourth-order valence-electron chi connectivity index (χ4n) is 2.43. The van der Waals surface area contributed by atoms with Gasteiger partial charge in [0.25, 0.3) is 0 Å². The van der Waals surface area contributed by atoms with Gasteiger partial charge < -0.3 is 5.73 Å². The molecule has 1 unspecified atom stereocenters.